The Kier molecular flexibility index (Phi) is 3.87. The quantitative estimate of drug-likeness (QED) is 0.937. The van der Waals surface area contributed by atoms with E-state index in [1.165, 1.54) is 6.42 Å². The van der Waals surface area contributed by atoms with Crippen LogP contribution in [0.3, 0.4) is 0 Å². The Labute approximate surface area is 131 Å². The number of hydrogen-bond acceptors (Lipinski definition) is 5. The topological polar surface area (TPSA) is 60.9 Å². The highest BCUT2D eigenvalue weighted by Crippen LogP contribution is 2.38. The number of hydrogen-bond donors (Lipinski definition) is 1. The van der Waals surface area contributed by atoms with E-state index in [9.17, 15) is 0 Å². The van der Waals surface area contributed by atoms with Crippen LogP contribution in [-0.2, 0) is 12.1 Å². The predicted octanol–water partition coefficient (Wildman–Crippen LogP) is 2.09. The first-order valence-electron chi connectivity index (χ1n) is 7.75. The molecule has 0 spiro atoms. The van der Waals surface area contributed by atoms with Gasteiger partial charge in [0.15, 0.2) is 5.82 Å². The van der Waals surface area contributed by atoms with Crippen molar-refractivity contribution in [2.75, 3.05) is 25.5 Å². The maximum atomic E-state index is 4.81. The molecule has 118 valence electrons. The van der Waals surface area contributed by atoms with E-state index in [2.05, 4.69) is 21.8 Å². The predicted molar refractivity (Wildman–Crippen MR) is 86.7 cm³/mol. The fourth-order valence-electron chi connectivity index (χ4n) is 3.12. The van der Waals surface area contributed by atoms with Gasteiger partial charge in [0.2, 0.25) is 0 Å². The van der Waals surface area contributed by atoms with Gasteiger partial charge in [-0.25, -0.2) is 15.0 Å². The number of likely N-dealkylation sites (tertiary alicyclic amines) is 1. The van der Waals surface area contributed by atoms with Crippen LogP contribution in [0.25, 0.3) is 0 Å². The fraction of sp³-hybridized carbons (Fsp3) is 0.562. The summed E-state index contributed by atoms with van der Waals surface area (Å²) in [5.41, 5.74) is 2.03. The molecule has 1 aliphatic heterocycles. The summed E-state index contributed by atoms with van der Waals surface area (Å²) in [7, 11) is 4.04. The van der Waals surface area contributed by atoms with Crippen LogP contribution in [0.15, 0.2) is 18.6 Å². The molecule has 0 saturated carbocycles. The smallest absolute Gasteiger partial charge is 0.150 e. The summed E-state index contributed by atoms with van der Waals surface area (Å²) in [6.07, 6.45) is 5.87. The van der Waals surface area contributed by atoms with Crippen LogP contribution in [0.2, 0.25) is 0 Å². The number of imidazole rings is 1. The zero-order valence-corrected chi connectivity index (χ0v) is 13.8. The number of nitrogens with one attached hydrogen (secondary N) is 1. The van der Waals surface area contributed by atoms with Crippen LogP contribution < -0.4 is 4.90 Å². The van der Waals surface area contributed by atoms with Crippen LogP contribution in [0.1, 0.15) is 37.0 Å². The van der Waals surface area contributed by atoms with Gasteiger partial charge in [0, 0.05) is 44.3 Å². The van der Waals surface area contributed by atoms with Crippen LogP contribution in [0, 0.1) is 6.92 Å². The third-order valence-electron chi connectivity index (χ3n) is 4.49. The highest BCUT2D eigenvalue weighted by Gasteiger charge is 2.41. The molecular formula is C16H24N6. The van der Waals surface area contributed by atoms with Crippen molar-refractivity contribution in [3.05, 3.63) is 35.8 Å². The lowest BCUT2D eigenvalue weighted by Crippen LogP contribution is -2.40. The summed E-state index contributed by atoms with van der Waals surface area (Å²) in [6.45, 7) is 6.20. The third kappa shape index (κ3) is 2.70. The van der Waals surface area contributed by atoms with Crippen molar-refractivity contribution in [1.82, 2.24) is 24.8 Å². The zero-order valence-electron chi connectivity index (χ0n) is 13.8. The molecule has 1 atom stereocenters. The normalized spacial score (nSPS) is 22.2. The highest BCUT2D eigenvalue weighted by atomic mass is 15.3. The van der Waals surface area contributed by atoms with E-state index in [-0.39, 0.29) is 5.54 Å². The Balaban J connectivity index is 1.94. The van der Waals surface area contributed by atoms with Gasteiger partial charge in [0.25, 0.3) is 0 Å². The van der Waals surface area contributed by atoms with Gasteiger partial charge in [0.1, 0.15) is 5.82 Å². The molecule has 0 aromatic carbocycles. The maximum absolute atomic E-state index is 4.81. The zero-order chi connectivity index (χ0) is 15.7. The highest BCUT2D eigenvalue weighted by molar-refractivity contribution is 5.38. The van der Waals surface area contributed by atoms with Gasteiger partial charge in [-0.3, -0.25) is 4.90 Å². The standard InChI is InChI=1S/C16H24N6/c1-12-8-14(21(3)4)20-15(19-12)16(2)6-5-7-22(16)10-13-9-17-11-18-13/h8-9,11H,5-7,10H2,1-4H3,(H,17,18)/t16-/m0/s1. The molecule has 0 bridgehead atoms. The van der Waals surface area contributed by atoms with Gasteiger partial charge in [-0.15, -0.1) is 0 Å². The largest absolute Gasteiger partial charge is 0.363 e. The number of aromatic nitrogens is 4. The molecule has 3 heterocycles. The van der Waals surface area contributed by atoms with Crippen LogP contribution in [-0.4, -0.2) is 45.5 Å². The average molecular weight is 300 g/mol. The summed E-state index contributed by atoms with van der Waals surface area (Å²) < 4.78 is 0. The average Bonchev–Trinajstić information content (AvgIpc) is 3.10. The van der Waals surface area contributed by atoms with Crippen LogP contribution in [0.4, 0.5) is 5.82 Å². The first kappa shape index (κ1) is 15.0. The summed E-state index contributed by atoms with van der Waals surface area (Å²) in [5, 5.41) is 0. The molecule has 22 heavy (non-hydrogen) atoms. The van der Waals surface area contributed by atoms with Crippen molar-refractivity contribution >= 4 is 5.82 Å². The summed E-state index contributed by atoms with van der Waals surface area (Å²) in [4.78, 5) is 21.4. The minimum atomic E-state index is -0.123. The molecule has 2 aromatic rings. The molecule has 0 aliphatic carbocycles. The third-order valence-corrected chi connectivity index (χ3v) is 4.49. The second-order valence-corrected chi connectivity index (χ2v) is 6.46. The van der Waals surface area contributed by atoms with E-state index < -0.39 is 0 Å². The van der Waals surface area contributed by atoms with Crippen LogP contribution >= 0.6 is 0 Å². The summed E-state index contributed by atoms with van der Waals surface area (Å²) in [6, 6.07) is 2.03. The Bertz CT molecular complexity index is 636. The molecule has 0 unspecified atom stereocenters. The molecule has 0 amide bonds. The van der Waals surface area contributed by atoms with Gasteiger partial charge in [-0.05, 0) is 33.2 Å². The van der Waals surface area contributed by atoms with Crippen molar-refractivity contribution in [3.8, 4) is 0 Å². The summed E-state index contributed by atoms with van der Waals surface area (Å²) >= 11 is 0. The Morgan fingerprint density at radius 3 is 2.86 bits per heavy atom. The molecule has 2 aromatic heterocycles. The maximum Gasteiger partial charge on any atom is 0.150 e. The molecule has 1 saturated heterocycles. The van der Waals surface area contributed by atoms with Gasteiger partial charge < -0.3 is 9.88 Å². The molecule has 1 fully saturated rings. The molecular weight excluding hydrogens is 276 g/mol. The first-order valence-corrected chi connectivity index (χ1v) is 7.75. The number of aromatic amines is 1. The van der Waals surface area contributed by atoms with Crippen molar-refractivity contribution in [1.29, 1.82) is 0 Å². The molecule has 6 heteroatoms. The summed E-state index contributed by atoms with van der Waals surface area (Å²) in [5.74, 6) is 1.89. The van der Waals surface area contributed by atoms with Gasteiger partial charge >= 0.3 is 0 Å². The molecule has 1 N–H and O–H groups in total. The fourth-order valence-corrected chi connectivity index (χ4v) is 3.12. The lowest BCUT2D eigenvalue weighted by Gasteiger charge is -2.34. The van der Waals surface area contributed by atoms with E-state index >= 15 is 0 Å². The Morgan fingerprint density at radius 1 is 1.36 bits per heavy atom. The SMILES string of the molecule is Cc1cc(N(C)C)nc([C@]2(C)CCCN2Cc2cnc[nH]2)n1. The monoisotopic (exact) mass is 300 g/mol. The minimum absolute atomic E-state index is 0.123. The van der Waals surface area contributed by atoms with E-state index in [4.69, 9.17) is 9.97 Å². The molecule has 1 aliphatic rings. The second kappa shape index (κ2) is 5.68. The van der Waals surface area contributed by atoms with E-state index in [1.54, 1.807) is 6.33 Å². The van der Waals surface area contributed by atoms with E-state index in [1.807, 2.05) is 38.2 Å². The van der Waals surface area contributed by atoms with Gasteiger partial charge in [-0.2, -0.15) is 0 Å². The second-order valence-electron chi connectivity index (χ2n) is 6.46. The lowest BCUT2D eigenvalue weighted by molar-refractivity contribution is 0.136. The van der Waals surface area contributed by atoms with E-state index in [0.717, 1.165) is 42.5 Å². The Hall–Kier alpha value is -1.95. The lowest BCUT2D eigenvalue weighted by atomic mass is 9.97. The van der Waals surface area contributed by atoms with Gasteiger partial charge in [-0.1, -0.05) is 0 Å². The molecule has 3 rings (SSSR count). The molecule has 6 nitrogen and oxygen atoms in total. The van der Waals surface area contributed by atoms with Crippen molar-refractivity contribution in [2.24, 2.45) is 0 Å². The number of anilines is 1. The minimum Gasteiger partial charge on any atom is -0.363 e. The Morgan fingerprint density at radius 2 is 2.18 bits per heavy atom. The number of rotatable bonds is 4. The number of aryl methyl sites for hydroxylation is 1. The van der Waals surface area contributed by atoms with Crippen molar-refractivity contribution in [2.45, 2.75) is 38.8 Å². The van der Waals surface area contributed by atoms with Crippen molar-refractivity contribution in [3.63, 3.8) is 0 Å². The first-order chi connectivity index (χ1) is 10.5. The van der Waals surface area contributed by atoms with E-state index in [0.29, 0.717) is 0 Å². The number of H-pyrrole nitrogens is 1. The number of nitrogens with zero attached hydrogens (tertiary/aromatic N) is 5. The van der Waals surface area contributed by atoms with Crippen LogP contribution in [0.5, 0.6) is 0 Å². The van der Waals surface area contributed by atoms with Gasteiger partial charge in [0.05, 0.1) is 11.9 Å². The molecule has 0 radical (unpaired) electrons. The van der Waals surface area contributed by atoms with Crippen molar-refractivity contribution < 1.29 is 0 Å².